The molecule has 3 nitrogen and oxygen atoms in total. The van der Waals surface area contributed by atoms with E-state index in [0.717, 1.165) is 24.2 Å². The Kier molecular flexibility index (Phi) is 3.22. The number of nitrogens with two attached hydrogens (primary N) is 1. The number of nitrogens with zero attached hydrogens (tertiary/aromatic N) is 2. The van der Waals surface area contributed by atoms with Crippen LogP contribution in [0.3, 0.4) is 0 Å². The van der Waals surface area contributed by atoms with Crippen LogP contribution in [0.5, 0.6) is 0 Å². The normalized spacial score (nSPS) is 14.4. The summed E-state index contributed by atoms with van der Waals surface area (Å²) >= 11 is 0. The summed E-state index contributed by atoms with van der Waals surface area (Å²) in [6.07, 6.45) is 4.08. The molecule has 0 bridgehead atoms. The first-order valence-corrected chi connectivity index (χ1v) is 6.72. The summed E-state index contributed by atoms with van der Waals surface area (Å²) in [4.78, 5) is 6.78. The molecule has 0 spiro atoms. The van der Waals surface area contributed by atoms with Crippen molar-refractivity contribution in [1.82, 2.24) is 4.98 Å². The van der Waals surface area contributed by atoms with Crippen molar-refractivity contribution in [3.63, 3.8) is 0 Å². The number of hydrogen-bond donors (Lipinski definition) is 1. The Morgan fingerprint density at radius 3 is 2.37 bits per heavy atom. The average Bonchev–Trinajstić information content (AvgIpc) is 2.90. The Labute approximate surface area is 114 Å². The third-order valence-corrected chi connectivity index (χ3v) is 3.98. The molecular formula is C16H19N3. The SMILES string of the molecule is CN(c1ccc(CN)cn1)C1Cc2ccccc2C1. The Hall–Kier alpha value is -1.87. The van der Waals surface area contributed by atoms with Gasteiger partial charge in [0.15, 0.2) is 0 Å². The first-order chi connectivity index (χ1) is 9.28. The third-order valence-electron chi connectivity index (χ3n) is 3.98. The number of hydrogen-bond acceptors (Lipinski definition) is 3. The molecule has 0 saturated heterocycles. The molecule has 98 valence electrons. The number of benzene rings is 1. The van der Waals surface area contributed by atoms with Crippen LogP contribution in [0.4, 0.5) is 5.82 Å². The van der Waals surface area contributed by atoms with Gasteiger partial charge in [-0.25, -0.2) is 4.98 Å². The molecule has 0 radical (unpaired) electrons. The third kappa shape index (κ3) is 2.34. The summed E-state index contributed by atoms with van der Waals surface area (Å²) in [5, 5.41) is 0. The minimum absolute atomic E-state index is 0.508. The zero-order chi connectivity index (χ0) is 13.2. The summed E-state index contributed by atoms with van der Waals surface area (Å²) in [7, 11) is 2.13. The summed E-state index contributed by atoms with van der Waals surface area (Å²) in [5.41, 5.74) is 9.62. The lowest BCUT2D eigenvalue weighted by atomic mass is 10.1. The molecule has 3 heteroatoms. The summed E-state index contributed by atoms with van der Waals surface area (Å²) in [5.74, 6) is 1.02. The van der Waals surface area contributed by atoms with E-state index < -0.39 is 0 Å². The monoisotopic (exact) mass is 253 g/mol. The number of anilines is 1. The highest BCUT2D eigenvalue weighted by Crippen LogP contribution is 2.26. The molecule has 1 aliphatic carbocycles. The number of aromatic nitrogens is 1. The van der Waals surface area contributed by atoms with Crippen LogP contribution in [0, 0.1) is 0 Å². The van der Waals surface area contributed by atoms with Gasteiger partial charge in [-0.2, -0.15) is 0 Å². The van der Waals surface area contributed by atoms with Gasteiger partial charge in [0.25, 0.3) is 0 Å². The average molecular weight is 253 g/mol. The lowest BCUT2D eigenvalue weighted by Crippen LogP contribution is -2.32. The van der Waals surface area contributed by atoms with Crippen molar-refractivity contribution in [2.24, 2.45) is 5.73 Å². The minimum Gasteiger partial charge on any atom is -0.356 e. The first-order valence-electron chi connectivity index (χ1n) is 6.72. The topological polar surface area (TPSA) is 42.1 Å². The maximum absolute atomic E-state index is 5.60. The van der Waals surface area contributed by atoms with E-state index in [0.29, 0.717) is 12.6 Å². The van der Waals surface area contributed by atoms with Crippen molar-refractivity contribution in [2.75, 3.05) is 11.9 Å². The fourth-order valence-electron chi connectivity index (χ4n) is 2.74. The van der Waals surface area contributed by atoms with E-state index in [2.05, 4.69) is 53.3 Å². The van der Waals surface area contributed by atoms with Crippen molar-refractivity contribution in [1.29, 1.82) is 0 Å². The smallest absolute Gasteiger partial charge is 0.128 e. The van der Waals surface area contributed by atoms with E-state index in [1.165, 1.54) is 11.1 Å². The van der Waals surface area contributed by atoms with Gasteiger partial charge < -0.3 is 10.6 Å². The van der Waals surface area contributed by atoms with Crippen LogP contribution in [-0.4, -0.2) is 18.1 Å². The predicted molar refractivity (Wildman–Crippen MR) is 78.2 cm³/mol. The van der Waals surface area contributed by atoms with Crippen LogP contribution >= 0.6 is 0 Å². The van der Waals surface area contributed by atoms with E-state index in [4.69, 9.17) is 5.73 Å². The van der Waals surface area contributed by atoms with Gasteiger partial charge in [-0.1, -0.05) is 30.3 Å². The molecule has 1 aromatic carbocycles. The number of fused-ring (bicyclic) bond motifs is 1. The van der Waals surface area contributed by atoms with Gasteiger partial charge in [0.2, 0.25) is 0 Å². The van der Waals surface area contributed by atoms with Gasteiger partial charge >= 0.3 is 0 Å². The van der Waals surface area contributed by atoms with E-state index in [1.54, 1.807) is 0 Å². The second-order valence-corrected chi connectivity index (χ2v) is 5.17. The van der Waals surface area contributed by atoms with Gasteiger partial charge in [-0.15, -0.1) is 0 Å². The zero-order valence-electron chi connectivity index (χ0n) is 11.2. The summed E-state index contributed by atoms with van der Waals surface area (Å²) in [6, 6.07) is 13.3. The molecular weight excluding hydrogens is 234 g/mol. The molecule has 2 N–H and O–H groups in total. The van der Waals surface area contributed by atoms with Crippen molar-refractivity contribution >= 4 is 5.82 Å². The molecule has 0 aliphatic heterocycles. The second kappa shape index (κ2) is 5.02. The van der Waals surface area contributed by atoms with Crippen molar-refractivity contribution < 1.29 is 0 Å². The molecule has 1 aromatic heterocycles. The molecule has 2 aromatic rings. The maximum Gasteiger partial charge on any atom is 0.128 e. The van der Waals surface area contributed by atoms with E-state index >= 15 is 0 Å². The van der Waals surface area contributed by atoms with Gasteiger partial charge in [0.05, 0.1) is 0 Å². The molecule has 19 heavy (non-hydrogen) atoms. The molecule has 1 aliphatic rings. The maximum atomic E-state index is 5.60. The molecule has 0 saturated carbocycles. The van der Waals surface area contributed by atoms with Crippen LogP contribution in [0.1, 0.15) is 16.7 Å². The van der Waals surface area contributed by atoms with Crippen LogP contribution in [-0.2, 0) is 19.4 Å². The zero-order valence-corrected chi connectivity index (χ0v) is 11.2. The Balaban J connectivity index is 1.77. The lowest BCUT2D eigenvalue weighted by Gasteiger charge is -2.25. The molecule has 3 rings (SSSR count). The molecule has 0 amide bonds. The predicted octanol–water partition coefficient (Wildman–Crippen LogP) is 2.14. The molecule has 0 unspecified atom stereocenters. The van der Waals surface area contributed by atoms with Gasteiger partial charge in [-0.3, -0.25) is 0 Å². The minimum atomic E-state index is 0.508. The van der Waals surface area contributed by atoms with Crippen LogP contribution < -0.4 is 10.6 Å². The van der Waals surface area contributed by atoms with Crippen LogP contribution in [0.15, 0.2) is 42.6 Å². The van der Waals surface area contributed by atoms with Crippen molar-refractivity contribution in [3.05, 3.63) is 59.3 Å². The highest BCUT2D eigenvalue weighted by atomic mass is 15.2. The highest BCUT2D eigenvalue weighted by Gasteiger charge is 2.24. The van der Waals surface area contributed by atoms with E-state index in [9.17, 15) is 0 Å². The van der Waals surface area contributed by atoms with E-state index in [1.807, 2.05) is 6.20 Å². The fraction of sp³-hybridized carbons (Fsp3) is 0.312. The van der Waals surface area contributed by atoms with Gasteiger partial charge in [0, 0.05) is 25.8 Å². The first kappa shape index (κ1) is 12.2. The number of pyridine rings is 1. The number of likely N-dealkylation sites (N-methyl/N-ethyl adjacent to an activating group) is 1. The second-order valence-electron chi connectivity index (χ2n) is 5.17. The van der Waals surface area contributed by atoms with Gasteiger partial charge in [-0.05, 0) is 35.6 Å². The lowest BCUT2D eigenvalue weighted by molar-refractivity contribution is 0.659. The van der Waals surface area contributed by atoms with Crippen molar-refractivity contribution in [3.8, 4) is 0 Å². The summed E-state index contributed by atoms with van der Waals surface area (Å²) < 4.78 is 0. The molecule has 1 heterocycles. The van der Waals surface area contributed by atoms with Crippen LogP contribution in [0.2, 0.25) is 0 Å². The van der Waals surface area contributed by atoms with Crippen LogP contribution in [0.25, 0.3) is 0 Å². The Morgan fingerprint density at radius 2 is 1.84 bits per heavy atom. The largest absolute Gasteiger partial charge is 0.356 e. The number of rotatable bonds is 3. The Morgan fingerprint density at radius 1 is 1.16 bits per heavy atom. The Bertz CT molecular complexity index is 537. The summed E-state index contributed by atoms with van der Waals surface area (Å²) in [6.45, 7) is 0.547. The highest BCUT2D eigenvalue weighted by molar-refractivity contribution is 5.44. The quantitative estimate of drug-likeness (QED) is 0.911. The fourth-order valence-corrected chi connectivity index (χ4v) is 2.74. The van der Waals surface area contributed by atoms with E-state index in [-0.39, 0.29) is 0 Å². The van der Waals surface area contributed by atoms with Crippen molar-refractivity contribution in [2.45, 2.75) is 25.4 Å². The molecule has 0 fully saturated rings. The standard InChI is InChI=1S/C16H19N3/c1-19(16-7-6-12(10-17)11-18-16)15-8-13-4-2-3-5-14(13)9-15/h2-7,11,15H,8-10,17H2,1H3. The van der Waals surface area contributed by atoms with Gasteiger partial charge in [0.1, 0.15) is 5.82 Å². The molecule has 0 atom stereocenters.